The first-order chi connectivity index (χ1) is 13.5. The topological polar surface area (TPSA) is 32.8 Å². The number of rotatable bonds is 7. The quantitative estimate of drug-likeness (QED) is 0.713. The van der Waals surface area contributed by atoms with Crippen molar-refractivity contribution in [2.24, 2.45) is 5.41 Å². The molecule has 0 unspecified atom stereocenters. The van der Waals surface area contributed by atoms with E-state index in [2.05, 4.69) is 17.0 Å². The molecule has 2 aromatic carbocycles. The van der Waals surface area contributed by atoms with Gasteiger partial charge >= 0.3 is 0 Å². The number of ether oxygens (including phenoxy) is 1. The van der Waals surface area contributed by atoms with Crippen molar-refractivity contribution in [2.75, 3.05) is 39.8 Å². The predicted molar refractivity (Wildman–Crippen MR) is 112 cm³/mol. The molecule has 0 saturated carbocycles. The summed E-state index contributed by atoms with van der Waals surface area (Å²) >= 11 is 5.90. The number of carbonyl (C=O) groups is 1. The highest BCUT2D eigenvalue weighted by Gasteiger charge is 2.52. The van der Waals surface area contributed by atoms with Gasteiger partial charge in [0.05, 0.1) is 13.5 Å². The third kappa shape index (κ3) is 4.34. The van der Waals surface area contributed by atoms with Crippen molar-refractivity contribution in [2.45, 2.75) is 19.3 Å². The second-order valence-electron chi connectivity index (χ2n) is 8.22. The SMILES string of the molecule is COc1ccc(CCCN2CC3(C2)CN(C(=O)Cc2ccc(Cl)cc2)C3)cc1. The Labute approximate surface area is 172 Å². The van der Waals surface area contributed by atoms with Crippen LogP contribution in [0.5, 0.6) is 5.75 Å². The van der Waals surface area contributed by atoms with E-state index in [1.165, 1.54) is 12.0 Å². The molecule has 1 spiro atoms. The van der Waals surface area contributed by atoms with E-state index in [1.807, 2.05) is 41.3 Å². The van der Waals surface area contributed by atoms with Gasteiger partial charge in [-0.2, -0.15) is 0 Å². The van der Waals surface area contributed by atoms with Gasteiger partial charge in [0.25, 0.3) is 0 Å². The van der Waals surface area contributed by atoms with Crippen molar-refractivity contribution in [1.29, 1.82) is 0 Å². The molecule has 148 valence electrons. The van der Waals surface area contributed by atoms with Crippen molar-refractivity contribution in [3.63, 3.8) is 0 Å². The molecule has 2 aliphatic rings. The first kappa shape index (κ1) is 19.3. The maximum atomic E-state index is 12.4. The molecular weight excluding hydrogens is 372 g/mol. The number of likely N-dealkylation sites (tertiary alicyclic amines) is 2. The molecule has 0 atom stereocenters. The number of hydrogen-bond donors (Lipinski definition) is 0. The standard InChI is InChI=1S/C23H27ClN2O2/c1-28-21-10-6-18(7-11-21)3-2-12-25-14-23(15-25)16-26(17-23)22(27)13-19-4-8-20(24)9-5-19/h4-11H,2-3,12-17H2,1H3. The molecule has 2 aromatic rings. The number of carbonyl (C=O) groups excluding carboxylic acids is 1. The van der Waals surface area contributed by atoms with E-state index in [0.29, 0.717) is 16.9 Å². The summed E-state index contributed by atoms with van der Waals surface area (Å²) in [5, 5.41) is 0.709. The lowest BCUT2D eigenvalue weighted by Gasteiger charge is -2.60. The summed E-state index contributed by atoms with van der Waals surface area (Å²) in [5.74, 6) is 1.14. The van der Waals surface area contributed by atoms with Gasteiger partial charge in [-0.3, -0.25) is 4.79 Å². The van der Waals surface area contributed by atoms with Crippen LogP contribution >= 0.6 is 11.6 Å². The van der Waals surface area contributed by atoms with E-state index in [4.69, 9.17) is 16.3 Å². The predicted octanol–water partition coefficient (Wildman–Crippen LogP) is 3.67. The second-order valence-corrected chi connectivity index (χ2v) is 8.65. The fraction of sp³-hybridized carbons (Fsp3) is 0.435. The Morgan fingerprint density at radius 1 is 1.00 bits per heavy atom. The number of methoxy groups -OCH3 is 1. The Morgan fingerprint density at radius 2 is 1.64 bits per heavy atom. The number of aryl methyl sites for hydroxylation is 1. The zero-order chi connectivity index (χ0) is 19.6. The van der Waals surface area contributed by atoms with Crippen LogP contribution in [0, 0.1) is 5.41 Å². The average Bonchev–Trinajstić information content (AvgIpc) is 2.64. The minimum Gasteiger partial charge on any atom is -0.497 e. The molecule has 0 radical (unpaired) electrons. The van der Waals surface area contributed by atoms with E-state index in [9.17, 15) is 4.79 Å². The monoisotopic (exact) mass is 398 g/mol. The third-order valence-electron chi connectivity index (χ3n) is 5.89. The van der Waals surface area contributed by atoms with Gasteiger partial charge in [0.2, 0.25) is 5.91 Å². The lowest BCUT2D eigenvalue weighted by atomic mass is 9.72. The lowest BCUT2D eigenvalue weighted by molar-refractivity contribution is -0.158. The summed E-state index contributed by atoms with van der Waals surface area (Å²) in [7, 11) is 1.70. The van der Waals surface area contributed by atoms with Gasteiger partial charge < -0.3 is 14.5 Å². The number of nitrogens with zero attached hydrogens (tertiary/aromatic N) is 2. The summed E-state index contributed by atoms with van der Waals surface area (Å²) in [6, 6.07) is 15.9. The van der Waals surface area contributed by atoms with Crippen molar-refractivity contribution in [3.05, 3.63) is 64.7 Å². The maximum Gasteiger partial charge on any atom is 0.227 e. The van der Waals surface area contributed by atoms with Crippen LogP contribution in [0.25, 0.3) is 0 Å². The minimum atomic E-state index is 0.228. The number of amides is 1. The average molecular weight is 399 g/mol. The summed E-state index contributed by atoms with van der Waals surface area (Å²) in [6.45, 7) is 5.20. The molecule has 0 bridgehead atoms. The molecule has 4 rings (SSSR count). The van der Waals surface area contributed by atoms with E-state index in [-0.39, 0.29) is 5.91 Å². The smallest absolute Gasteiger partial charge is 0.227 e. The molecular formula is C23H27ClN2O2. The van der Waals surface area contributed by atoms with Gasteiger partial charge in [0.1, 0.15) is 5.75 Å². The van der Waals surface area contributed by atoms with Crippen LogP contribution in [-0.4, -0.2) is 55.5 Å². The van der Waals surface area contributed by atoms with Gasteiger partial charge in [0.15, 0.2) is 0 Å². The normalized spacial score (nSPS) is 17.9. The van der Waals surface area contributed by atoms with Crippen molar-refractivity contribution in [1.82, 2.24) is 9.80 Å². The van der Waals surface area contributed by atoms with Gasteiger partial charge in [0, 0.05) is 36.6 Å². The highest BCUT2D eigenvalue weighted by Crippen LogP contribution is 2.39. The summed E-state index contributed by atoms with van der Waals surface area (Å²) in [5.41, 5.74) is 2.75. The van der Waals surface area contributed by atoms with Crippen molar-refractivity contribution < 1.29 is 9.53 Å². The molecule has 1 amide bonds. The van der Waals surface area contributed by atoms with E-state index >= 15 is 0 Å². The molecule has 0 aromatic heterocycles. The van der Waals surface area contributed by atoms with Crippen LogP contribution < -0.4 is 4.74 Å². The maximum absolute atomic E-state index is 12.4. The number of benzene rings is 2. The Kier molecular flexibility index (Phi) is 5.61. The van der Waals surface area contributed by atoms with Crippen LogP contribution in [0.15, 0.2) is 48.5 Å². The van der Waals surface area contributed by atoms with Crippen LogP contribution in [0.3, 0.4) is 0 Å². The van der Waals surface area contributed by atoms with Gasteiger partial charge in [-0.05, 0) is 54.8 Å². The summed E-state index contributed by atoms with van der Waals surface area (Å²) in [4.78, 5) is 17.0. The molecule has 2 aliphatic heterocycles. The van der Waals surface area contributed by atoms with Crippen LogP contribution in [-0.2, 0) is 17.6 Å². The molecule has 2 saturated heterocycles. The molecule has 28 heavy (non-hydrogen) atoms. The number of hydrogen-bond acceptors (Lipinski definition) is 3. The Bertz CT molecular complexity index is 806. The van der Waals surface area contributed by atoms with E-state index in [1.54, 1.807) is 7.11 Å². The van der Waals surface area contributed by atoms with Crippen molar-refractivity contribution in [3.8, 4) is 5.75 Å². The van der Waals surface area contributed by atoms with Crippen molar-refractivity contribution >= 4 is 17.5 Å². The Hall–Kier alpha value is -2.04. The second kappa shape index (κ2) is 8.14. The van der Waals surface area contributed by atoms with Crippen LogP contribution in [0.2, 0.25) is 5.02 Å². The molecule has 2 fully saturated rings. The number of halogens is 1. The zero-order valence-electron chi connectivity index (χ0n) is 16.4. The first-order valence-electron chi connectivity index (χ1n) is 9.93. The summed E-state index contributed by atoms with van der Waals surface area (Å²) in [6.07, 6.45) is 2.74. The van der Waals surface area contributed by atoms with Gasteiger partial charge in [-0.15, -0.1) is 0 Å². The Morgan fingerprint density at radius 3 is 2.29 bits per heavy atom. The summed E-state index contributed by atoms with van der Waals surface area (Å²) < 4.78 is 5.20. The molecule has 2 heterocycles. The van der Waals surface area contributed by atoms with E-state index in [0.717, 1.165) is 50.5 Å². The van der Waals surface area contributed by atoms with Gasteiger partial charge in [-0.1, -0.05) is 35.9 Å². The zero-order valence-corrected chi connectivity index (χ0v) is 17.1. The molecule has 4 nitrogen and oxygen atoms in total. The molecule has 5 heteroatoms. The third-order valence-corrected chi connectivity index (χ3v) is 6.14. The Balaban J connectivity index is 1.14. The fourth-order valence-electron chi connectivity index (χ4n) is 4.39. The lowest BCUT2D eigenvalue weighted by Crippen LogP contribution is -2.73. The van der Waals surface area contributed by atoms with Crippen LogP contribution in [0.1, 0.15) is 17.5 Å². The highest BCUT2D eigenvalue weighted by atomic mass is 35.5. The van der Waals surface area contributed by atoms with E-state index < -0.39 is 0 Å². The first-order valence-corrected chi connectivity index (χ1v) is 10.3. The minimum absolute atomic E-state index is 0.228. The van der Waals surface area contributed by atoms with Crippen LogP contribution in [0.4, 0.5) is 0 Å². The highest BCUT2D eigenvalue weighted by molar-refractivity contribution is 6.30. The molecule has 0 N–H and O–H groups in total. The largest absolute Gasteiger partial charge is 0.497 e. The van der Waals surface area contributed by atoms with Gasteiger partial charge in [-0.25, -0.2) is 0 Å². The molecule has 0 aliphatic carbocycles. The fourth-order valence-corrected chi connectivity index (χ4v) is 4.51.